The Morgan fingerprint density at radius 3 is 2.80 bits per heavy atom. The number of aliphatic hydroxyl groups is 1. The standard InChI is InChI=1S/C14H26N4OS/c1-4-13-9-17(5-6-20-13)7-12(19)8-18-11(3)14(15)10(2)16-18/h12-13,19H,4-9,15H2,1-3H3. The maximum Gasteiger partial charge on any atom is 0.0862 e. The van der Waals surface area contributed by atoms with E-state index in [-0.39, 0.29) is 0 Å². The molecule has 1 fully saturated rings. The van der Waals surface area contributed by atoms with Gasteiger partial charge in [-0.2, -0.15) is 16.9 Å². The molecule has 0 spiro atoms. The first kappa shape index (κ1) is 15.7. The van der Waals surface area contributed by atoms with Crippen LogP contribution in [0.3, 0.4) is 0 Å². The molecule has 0 bridgehead atoms. The summed E-state index contributed by atoms with van der Waals surface area (Å²) in [7, 11) is 0. The fourth-order valence-corrected chi connectivity index (χ4v) is 3.89. The van der Waals surface area contributed by atoms with Gasteiger partial charge >= 0.3 is 0 Å². The molecule has 1 aliphatic rings. The third-order valence-electron chi connectivity index (χ3n) is 3.97. The normalized spacial score (nSPS) is 22.1. The average molecular weight is 298 g/mol. The van der Waals surface area contributed by atoms with Gasteiger partial charge in [-0.1, -0.05) is 6.92 Å². The molecule has 3 N–H and O–H groups in total. The summed E-state index contributed by atoms with van der Waals surface area (Å²) in [5.74, 6) is 1.16. The molecule has 6 heteroatoms. The first-order chi connectivity index (χ1) is 9.51. The summed E-state index contributed by atoms with van der Waals surface area (Å²) in [6.07, 6.45) is 0.804. The predicted molar refractivity (Wildman–Crippen MR) is 85.1 cm³/mol. The van der Waals surface area contributed by atoms with Crippen LogP contribution in [0.15, 0.2) is 0 Å². The Morgan fingerprint density at radius 1 is 1.45 bits per heavy atom. The van der Waals surface area contributed by atoms with Crippen molar-refractivity contribution in [2.24, 2.45) is 0 Å². The molecule has 114 valence electrons. The molecule has 0 saturated carbocycles. The molecule has 5 nitrogen and oxygen atoms in total. The van der Waals surface area contributed by atoms with Crippen molar-refractivity contribution in [2.75, 3.05) is 31.1 Å². The van der Waals surface area contributed by atoms with Gasteiger partial charge in [0.1, 0.15) is 0 Å². The van der Waals surface area contributed by atoms with Crippen LogP contribution in [0.5, 0.6) is 0 Å². The predicted octanol–water partition coefficient (Wildman–Crippen LogP) is 1.27. The number of nitrogens with two attached hydrogens (primary N) is 1. The lowest BCUT2D eigenvalue weighted by Crippen LogP contribution is -2.43. The maximum atomic E-state index is 10.3. The average Bonchev–Trinajstić information content (AvgIpc) is 2.66. The summed E-state index contributed by atoms with van der Waals surface area (Å²) >= 11 is 2.05. The highest BCUT2D eigenvalue weighted by Crippen LogP contribution is 2.21. The first-order valence-corrected chi connectivity index (χ1v) is 8.37. The molecule has 2 rings (SSSR count). The number of aromatic nitrogens is 2. The highest BCUT2D eigenvalue weighted by Gasteiger charge is 2.21. The minimum atomic E-state index is -0.395. The fraction of sp³-hybridized carbons (Fsp3) is 0.786. The van der Waals surface area contributed by atoms with E-state index in [9.17, 15) is 5.11 Å². The molecule has 2 heterocycles. The molecule has 1 aromatic heterocycles. The van der Waals surface area contributed by atoms with Gasteiger partial charge in [0, 0.05) is 30.6 Å². The van der Waals surface area contributed by atoms with Crippen molar-refractivity contribution in [2.45, 2.75) is 45.1 Å². The third-order valence-corrected chi connectivity index (χ3v) is 5.34. The van der Waals surface area contributed by atoms with E-state index < -0.39 is 6.10 Å². The van der Waals surface area contributed by atoms with Crippen molar-refractivity contribution in [1.29, 1.82) is 0 Å². The van der Waals surface area contributed by atoms with E-state index in [1.807, 2.05) is 30.3 Å². The van der Waals surface area contributed by atoms with Crippen LogP contribution in [0.4, 0.5) is 5.69 Å². The van der Waals surface area contributed by atoms with Gasteiger partial charge in [-0.3, -0.25) is 9.58 Å². The zero-order valence-electron chi connectivity index (χ0n) is 12.7. The largest absolute Gasteiger partial charge is 0.396 e. The van der Waals surface area contributed by atoms with E-state index in [2.05, 4.69) is 16.9 Å². The number of hydrogen-bond acceptors (Lipinski definition) is 5. The Morgan fingerprint density at radius 2 is 2.20 bits per heavy atom. The second-order valence-corrected chi connectivity index (χ2v) is 6.99. The zero-order chi connectivity index (χ0) is 14.7. The molecule has 1 aliphatic heterocycles. The van der Waals surface area contributed by atoms with Gasteiger partial charge in [0.05, 0.1) is 29.7 Å². The molecule has 2 atom stereocenters. The van der Waals surface area contributed by atoms with E-state index in [0.29, 0.717) is 11.8 Å². The first-order valence-electron chi connectivity index (χ1n) is 7.32. The second-order valence-electron chi connectivity index (χ2n) is 5.58. The third kappa shape index (κ3) is 3.68. The molecular weight excluding hydrogens is 272 g/mol. The van der Waals surface area contributed by atoms with Crippen LogP contribution in [0.2, 0.25) is 0 Å². The summed E-state index contributed by atoms with van der Waals surface area (Å²) in [5.41, 5.74) is 8.44. The fourth-order valence-electron chi connectivity index (χ4n) is 2.64. The SMILES string of the molecule is CCC1CN(CC(O)Cn2nc(C)c(N)c2C)CCS1. The highest BCUT2D eigenvalue weighted by atomic mass is 32.2. The summed E-state index contributed by atoms with van der Waals surface area (Å²) in [6, 6.07) is 0. The highest BCUT2D eigenvalue weighted by molar-refractivity contribution is 8.00. The minimum Gasteiger partial charge on any atom is -0.396 e. The lowest BCUT2D eigenvalue weighted by Gasteiger charge is -2.33. The number of thioether (sulfide) groups is 1. The van der Waals surface area contributed by atoms with Gasteiger partial charge < -0.3 is 10.8 Å². The van der Waals surface area contributed by atoms with Crippen molar-refractivity contribution in [3.63, 3.8) is 0 Å². The lowest BCUT2D eigenvalue weighted by molar-refractivity contribution is 0.0956. The van der Waals surface area contributed by atoms with Gasteiger partial charge in [-0.15, -0.1) is 0 Å². The summed E-state index contributed by atoms with van der Waals surface area (Å²) < 4.78 is 1.82. The smallest absolute Gasteiger partial charge is 0.0862 e. The number of anilines is 1. The van der Waals surface area contributed by atoms with Crippen molar-refractivity contribution >= 4 is 17.4 Å². The Labute approximate surface area is 125 Å². The number of nitrogens with zero attached hydrogens (tertiary/aromatic N) is 3. The minimum absolute atomic E-state index is 0.395. The number of aryl methyl sites for hydroxylation is 1. The van der Waals surface area contributed by atoms with Gasteiger partial charge in [0.15, 0.2) is 0 Å². The molecule has 0 aromatic carbocycles. The maximum absolute atomic E-state index is 10.3. The molecule has 1 aromatic rings. The van der Waals surface area contributed by atoms with Gasteiger partial charge in [-0.25, -0.2) is 0 Å². The van der Waals surface area contributed by atoms with E-state index in [0.717, 1.165) is 42.5 Å². The van der Waals surface area contributed by atoms with Crippen LogP contribution in [0, 0.1) is 13.8 Å². The van der Waals surface area contributed by atoms with Crippen LogP contribution >= 0.6 is 11.8 Å². The van der Waals surface area contributed by atoms with E-state index in [4.69, 9.17) is 5.73 Å². The van der Waals surface area contributed by atoms with Crippen molar-refractivity contribution in [3.05, 3.63) is 11.4 Å². The Hall–Kier alpha value is -0.720. The monoisotopic (exact) mass is 298 g/mol. The van der Waals surface area contributed by atoms with Crippen molar-refractivity contribution < 1.29 is 5.11 Å². The lowest BCUT2D eigenvalue weighted by atomic mass is 10.2. The van der Waals surface area contributed by atoms with E-state index in [1.54, 1.807) is 0 Å². The summed E-state index contributed by atoms with van der Waals surface area (Å²) in [6.45, 7) is 9.47. The van der Waals surface area contributed by atoms with E-state index in [1.165, 1.54) is 6.42 Å². The zero-order valence-corrected chi connectivity index (χ0v) is 13.5. The molecule has 2 unspecified atom stereocenters. The van der Waals surface area contributed by atoms with Crippen LogP contribution in [0.1, 0.15) is 24.7 Å². The summed E-state index contributed by atoms with van der Waals surface area (Å²) in [4.78, 5) is 2.37. The Balaban J connectivity index is 1.88. The van der Waals surface area contributed by atoms with Crippen LogP contribution < -0.4 is 5.73 Å². The Kier molecular flexibility index (Phi) is 5.35. The molecule has 1 saturated heterocycles. The quantitative estimate of drug-likeness (QED) is 0.857. The Bertz CT molecular complexity index is 449. The van der Waals surface area contributed by atoms with Gasteiger partial charge in [0.25, 0.3) is 0 Å². The topological polar surface area (TPSA) is 67.3 Å². The van der Waals surface area contributed by atoms with Gasteiger partial charge in [-0.05, 0) is 20.3 Å². The van der Waals surface area contributed by atoms with Crippen LogP contribution in [0.25, 0.3) is 0 Å². The molecule has 0 amide bonds. The van der Waals surface area contributed by atoms with Crippen LogP contribution in [-0.4, -0.2) is 56.5 Å². The number of rotatable bonds is 5. The molecule has 0 radical (unpaired) electrons. The number of β-amino-alcohol motifs (C(OH)–C–C–N with tert-alkyl or cyclic N) is 1. The number of aliphatic hydroxyl groups excluding tert-OH is 1. The second kappa shape index (κ2) is 6.83. The summed E-state index contributed by atoms with van der Waals surface area (Å²) in [5, 5.41) is 15.4. The molecule has 0 aliphatic carbocycles. The van der Waals surface area contributed by atoms with Crippen LogP contribution in [-0.2, 0) is 6.54 Å². The molecular formula is C14H26N4OS. The van der Waals surface area contributed by atoms with Gasteiger partial charge in [0.2, 0.25) is 0 Å². The van der Waals surface area contributed by atoms with Crippen molar-refractivity contribution in [1.82, 2.24) is 14.7 Å². The van der Waals surface area contributed by atoms with Crippen molar-refractivity contribution in [3.8, 4) is 0 Å². The number of nitrogen functional groups attached to an aromatic ring is 1. The molecule has 20 heavy (non-hydrogen) atoms. The van der Waals surface area contributed by atoms with E-state index >= 15 is 0 Å². The number of hydrogen-bond donors (Lipinski definition) is 2.